The lowest BCUT2D eigenvalue weighted by molar-refractivity contribution is -0.120. The molecule has 3 aromatic carbocycles. The van der Waals surface area contributed by atoms with Crippen LogP contribution in [0.25, 0.3) is 6.08 Å². The molecule has 1 saturated heterocycles. The van der Waals surface area contributed by atoms with E-state index in [0.717, 1.165) is 4.90 Å². The van der Waals surface area contributed by atoms with Gasteiger partial charge < -0.3 is 9.84 Å². The predicted molar refractivity (Wildman–Crippen MR) is 116 cm³/mol. The van der Waals surface area contributed by atoms with E-state index in [1.54, 1.807) is 72.8 Å². The first-order chi connectivity index (χ1) is 14.9. The third kappa shape index (κ3) is 4.20. The minimum Gasteiger partial charge on any atom is -0.478 e. The van der Waals surface area contributed by atoms with Crippen molar-refractivity contribution in [2.75, 3.05) is 4.90 Å². The van der Waals surface area contributed by atoms with Gasteiger partial charge in [0.1, 0.15) is 17.1 Å². The van der Waals surface area contributed by atoms with Crippen LogP contribution in [0.3, 0.4) is 0 Å². The van der Waals surface area contributed by atoms with E-state index in [1.165, 1.54) is 6.07 Å². The number of carbonyl (C=O) groups excluding carboxylic acids is 2. The van der Waals surface area contributed by atoms with E-state index in [1.807, 2.05) is 0 Å². The Kier molecular flexibility index (Phi) is 5.56. The summed E-state index contributed by atoms with van der Waals surface area (Å²) in [7, 11) is 0. The number of benzene rings is 3. The zero-order valence-corrected chi connectivity index (χ0v) is 16.9. The number of hydrogen-bond donors (Lipinski definition) is 1. The number of halogens is 1. The minimum absolute atomic E-state index is 0.0178. The lowest BCUT2D eigenvalue weighted by atomic mass is 10.1. The summed E-state index contributed by atoms with van der Waals surface area (Å²) >= 11 is 6.00. The van der Waals surface area contributed by atoms with E-state index in [2.05, 4.69) is 0 Å². The molecular weight excluding hydrogens is 418 g/mol. The monoisotopic (exact) mass is 433 g/mol. The molecule has 0 saturated carbocycles. The zero-order valence-electron chi connectivity index (χ0n) is 16.1. The Labute approximate surface area is 182 Å². The first-order valence-electron chi connectivity index (χ1n) is 9.36. The Hall–Kier alpha value is -3.90. The third-order valence-electron chi connectivity index (χ3n) is 4.72. The van der Waals surface area contributed by atoms with Gasteiger partial charge in [0.05, 0.1) is 12.1 Å². The number of anilines is 1. The summed E-state index contributed by atoms with van der Waals surface area (Å²) < 4.78 is 5.85. The molecule has 1 fully saturated rings. The molecule has 1 heterocycles. The molecule has 154 valence electrons. The third-order valence-corrected chi connectivity index (χ3v) is 4.96. The van der Waals surface area contributed by atoms with Crippen LogP contribution in [0.4, 0.5) is 5.69 Å². The van der Waals surface area contributed by atoms with Gasteiger partial charge in [0.15, 0.2) is 0 Å². The van der Waals surface area contributed by atoms with E-state index in [0.29, 0.717) is 27.6 Å². The maximum absolute atomic E-state index is 12.9. The molecule has 1 N–H and O–H groups in total. The lowest BCUT2D eigenvalue weighted by Crippen LogP contribution is -2.28. The molecule has 0 bridgehead atoms. The van der Waals surface area contributed by atoms with Gasteiger partial charge in [-0.15, -0.1) is 0 Å². The number of carboxylic acids is 1. The highest BCUT2D eigenvalue weighted by molar-refractivity contribution is 6.32. The second-order valence-electron chi connectivity index (χ2n) is 6.80. The van der Waals surface area contributed by atoms with Crippen molar-refractivity contribution < 1.29 is 24.2 Å². The van der Waals surface area contributed by atoms with Gasteiger partial charge in [0.2, 0.25) is 5.91 Å². The molecule has 1 aliphatic rings. The largest absolute Gasteiger partial charge is 0.478 e. The summed E-state index contributed by atoms with van der Waals surface area (Å²) in [5.74, 6) is -1.36. The molecule has 4 rings (SSSR count). The number of carboxylic acid groups (broad SMARTS) is 1. The normalized spacial score (nSPS) is 14.9. The van der Waals surface area contributed by atoms with Crippen molar-refractivity contribution in [3.63, 3.8) is 0 Å². The maximum Gasteiger partial charge on any atom is 0.339 e. The van der Waals surface area contributed by atoms with Crippen molar-refractivity contribution in [1.82, 2.24) is 0 Å². The standard InChI is InChI=1S/C24H16ClNO5/c25-17-7-5-8-18(14-17)26-22(27)13-16(23(26)28)12-15-6-1-3-10-20(15)31-21-11-4-2-9-19(21)24(29)30/h1-12,14H,13H2,(H,29,30). The highest BCUT2D eigenvalue weighted by Crippen LogP contribution is 2.33. The summed E-state index contributed by atoms with van der Waals surface area (Å²) in [6.45, 7) is 0. The van der Waals surface area contributed by atoms with Gasteiger partial charge in [0.25, 0.3) is 5.91 Å². The van der Waals surface area contributed by atoms with Gasteiger partial charge in [-0.2, -0.15) is 0 Å². The van der Waals surface area contributed by atoms with Gasteiger partial charge in [0, 0.05) is 16.2 Å². The number of para-hydroxylation sites is 2. The quantitative estimate of drug-likeness (QED) is 0.443. The molecule has 0 radical (unpaired) electrons. The Morgan fingerprint density at radius 1 is 0.968 bits per heavy atom. The van der Waals surface area contributed by atoms with Crippen LogP contribution < -0.4 is 9.64 Å². The Balaban J connectivity index is 1.67. The molecule has 0 spiro atoms. The van der Waals surface area contributed by atoms with Crippen LogP contribution in [0, 0.1) is 0 Å². The number of imide groups is 1. The first-order valence-corrected chi connectivity index (χ1v) is 9.74. The Morgan fingerprint density at radius 2 is 1.68 bits per heavy atom. The number of carbonyl (C=O) groups is 3. The van der Waals surface area contributed by atoms with E-state index in [-0.39, 0.29) is 23.6 Å². The maximum atomic E-state index is 12.9. The Morgan fingerprint density at radius 3 is 2.42 bits per heavy atom. The number of amides is 2. The molecule has 2 amide bonds. The molecule has 3 aromatic rings. The number of aromatic carboxylic acids is 1. The summed E-state index contributed by atoms with van der Waals surface area (Å²) in [5, 5.41) is 9.80. The summed E-state index contributed by atoms with van der Waals surface area (Å²) in [6, 6.07) is 19.7. The van der Waals surface area contributed by atoms with Crippen molar-refractivity contribution in [3.8, 4) is 11.5 Å². The smallest absolute Gasteiger partial charge is 0.339 e. The Bertz CT molecular complexity index is 1230. The zero-order chi connectivity index (χ0) is 22.0. The average molecular weight is 434 g/mol. The minimum atomic E-state index is -1.11. The molecule has 6 nitrogen and oxygen atoms in total. The van der Waals surface area contributed by atoms with Crippen molar-refractivity contribution in [2.24, 2.45) is 0 Å². The van der Waals surface area contributed by atoms with E-state index < -0.39 is 11.9 Å². The van der Waals surface area contributed by atoms with Crippen LogP contribution >= 0.6 is 11.6 Å². The topological polar surface area (TPSA) is 83.9 Å². The van der Waals surface area contributed by atoms with E-state index in [9.17, 15) is 19.5 Å². The molecule has 7 heteroatoms. The van der Waals surface area contributed by atoms with Gasteiger partial charge in [-0.3, -0.25) is 9.59 Å². The highest BCUT2D eigenvalue weighted by atomic mass is 35.5. The van der Waals surface area contributed by atoms with Crippen LogP contribution in [0.2, 0.25) is 5.02 Å². The predicted octanol–water partition coefficient (Wildman–Crippen LogP) is 5.18. The fourth-order valence-corrected chi connectivity index (χ4v) is 3.48. The van der Waals surface area contributed by atoms with Crippen molar-refractivity contribution in [3.05, 3.63) is 94.5 Å². The number of nitrogens with zero attached hydrogens (tertiary/aromatic N) is 1. The van der Waals surface area contributed by atoms with Crippen molar-refractivity contribution in [1.29, 1.82) is 0 Å². The van der Waals surface area contributed by atoms with E-state index in [4.69, 9.17) is 16.3 Å². The fraction of sp³-hybridized carbons (Fsp3) is 0.0417. The summed E-state index contributed by atoms with van der Waals surface area (Å²) in [6.07, 6.45) is 1.52. The van der Waals surface area contributed by atoms with E-state index >= 15 is 0 Å². The van der Waals surface area contributed by atoms with Gasteiger partial charge in [-0.1, -0.05) is 48.0 Å². The van der Waals surface area contributed by atoms with Crippen LogP contribution in [-0.2, 0) is 9.59 Å². The molecule has 31 heavy (non-hydrogen) atoms. The number of hydrogen-bond acceptors (Lipinski definition) is 4. The lowest BCUT2D eigenvalue weighted by Gasteiger charge is -2.13. The molecule has 0 atom stereocenters. The summed E-state index contributed by atoms with van der Waals surface area (Å²) in [4.78, 5) is 38.0. The van der Waals surface area contributed by atoms with Crippen molar-refractivity contribution >= 4 is 41.1 Å². The molecule has 1 aliphatic heterocycles. The molecule has 0 unspecified atom stereocenters. The number of ether oxygens (including phenoxy) is 1. The highest BCUT2D eigenvalue weighted by Gasteiger charge is 2.35. The van der Waals surface area contributed by atoms with Gasteiger partial charge in [-0.05, 0) is 42.5 Å². The van der Waals surface area contributed by atoms with Gasteiger partial charge in [-0.25, -0.2) is 9.69 Å². The fourth-order valence-electron chi connectivity index (χ4n) is 3.29. The second-order valence-corrected chi connectivity index (χ2v) is 7.24. The molecular formula is C24H16ClNO5. The second kappa shape index (κ2) is 8.45. The number of rotatable bonds is 5. The summed E-state index contributed by atoms with van der Waals surface area (Å²) in [5.41, 5.74) is 1.27. The van der Waals surface area contributed by atoms with Crippen molar-refractivity contribution in [2.45, 2.75) is 6.42 Å². The molecule has 0 aliphatic carbocycles. The first kappa shape index (κ1) is 20.4. The SMILES string of the molecule is O=C(O)c1ccccc1Oc1ccccc1C=C1CC(=O)N(c2cccc(Cl)c2)C1=O. The van der Waals surface area contributed by atoms with Gasteiger partial charge >= 0.3 is 5.97 Å². The average Bonchev–Trinajstić information content (AvgIpc) is 3.02. The van der Waals surface area contributed by atoms with Crippen LogP contribution in [-0.4, -0.2) is 22.9 Å². The van der Waals surface area contributed by atoms with Crippen LogP contribution in [0.15, 0.2) is 78.4 Å². The van der Waals surface area contributed by atoms with Crippen LogP contribution in [0.5, 0.6) is 11.5 Å². The van der Waals surface area contributed by atoms with Crippen LogP contribution in [0.1, 0.15) is 22.3 Å². The molecule has 0 aromatic heterocycles.